The van der Waals surface area contributed by atoms with Gasteiger partial charge in [-0.15, -0.1) is 0 Å². The van der Waals surface area contributed by atoms with E-state index in [1.807, 2.05) is 29.2 Å². The number of carbonyl (C=O) groups excluding carboxylic acids is 1. The van der Waals surface area contributed by atoms with Gasteiger partial charge in [0.25, 0.3) is 0 Å². The summed E-state index contributed by atoms with van der Waals surface area (Å²) in [6.45, 7) is 1.31. The fourth-order valence-corrected chi connectivity index (χ4v) is 2.39. The lowest BCUT2D eigenvalue weighted by molar-refractivity contribution is -0.121. The predicted molar refractivity (Wildman–Crippen MR) is 75.1 cm³/mol. The maximum Gasteiger partial charge on any atom is 0.242 e. The summed E-state index contributed by atoms with van der Waals surface area (Å²) in [5.41, 5.74) is 11.9. The molecule has 7 nitrogen and oxygen atoms in total. The van der Waals surface area contributed by atoms with E-state index >= 15 is 0 Å². The molecular weight excluding hydrogens is 258 g/mol. The number of hydrogen-bond donors (Lipinski definition) is 2. The lowest BCUT2D eigenvalue weighted by atomic mass is 10.1. The van der Waals surface area contributed by atoms with Gasteiger partial charge in [0, 0.05) is 11.9 Å². The van der Waals surface area contributed by atoms with Crippen LogP contribution in [0.3, 0.4) is 0 Å². The Morgan fingerprint density at radius 2 is 2.15 bits per heavy atom. The number of primary amides is 1. The molecule has 0 bridgehead atoms. The molecule has 1 saturated heterocycles. The highest BCUT2D eigenvalue weighted by Crippen LogP contribution is 2.27. The van der Waals surface area contributed by atoms with Gasteiger partial charge in [-0.05, 0) is 12.1 Å². The maximum atomic E-state index is 11.6. The van der Waals surface area contributed by atoms with Crippen molar-refractivity contribution in [3.05, 3.63) is 24.3 Å². The van der Waals surface area contributed by atoms with E-state index in [0.29, 0.717) is 19.0 Å². The highest BCUT2D eigenvalue weighted by atomic mass is 16.5. The molecule has 1 aromatic carbocycles. The third-order valence-corrected chi connectivity index (χ3v) is 3.33. The van der Waals surface area contributed by atoms with Crippen LogP contribution in [0.15, 0.2) is 24.3 Å². The molecule has 20 heavy (non-hydrogen) atoms. The fraction of sp³-hybridized carbons (Fsp3) is 0.308. The Bertz CT molecular complexity index is 660. The first-order chi connectivity index (χ1) is 9.66. The van der Waals surface area contributed by atoms with Crippen molar-refractivity contribution in [2.75, 3.05) is 30.4 Å². The van der Waals surface area contributed by atoms with E-state index < -0.39 is 11.9 Å². The van der Waals surface area contributed by atoms with Crippen molar-refractivity contribution in [3.63, 3.8) is 0 Å². The first-order valence-corrected chi connectivity index (χ1v) is 6.33. The Balaban J connectivity index is 2.14. The fourth-order valence-electron chi connectivity index (χ4n) is 2.39. The Kier molecular flexibility index (Phi) is 3.11. The number of nitrogens with zero attached hydrogens (tertiary/aromatic N) is 3. The minimum absolute atomic E-state index is 0.174. The van der Waals surface area contributed by atoms with E-state index in [4.69, 9.17) is 16.2 Å². The van der Waals surface area contributed by atoms with Gasteiger partial charge in [-0.3, -0.25) is 4.79 Å². The van der Waals surface area contributed by atoms with Crippen molar-refractivity contribution in [2.45, 2.75) is 6.04 Å². The topological polar surface area (TPSA) is 107 Å². The average molecular weight is 273 g/mol. The number of aromatic nitrogens is 2. The second-order valence-corrected chi connectivity index (χ2v) is 4.61. The number of rotatable bonds is 2. The molecule has 2 heterocycles. The zero-order valence-corrected chi connectivity index (χ0v) is 10.8. The molecule has 104 valence electrons. The minimum atomic E-state index is -0.540. The largest absolute Gasteiger partial charge is 0.377 e. The standard InChI is InChI=1S/C13H15N5O2/c14-11(19)10-7-20-6-5-18(10)12-8-3-1-2-4-9(8)16-13(15)17-12/h1-4,10H,5-7H2,(H2,14,19)(H2,15,16,17). The van der Waals surface area contributed by atoms with Crippen molar-refractivity contribution >= 4 is 28.6 Å². The number of fused-ring (bicyclic) bond motifs is 1. The molecule has 2 aromatic rings. The van der Waals surface area contributed by atoms with Crippen molar-refractivity contribution in [2.24, 2.45) is 5.73 Å². The highest BCUT2D eigenvalue weighted by Gasteiger charge is 2.30. The number of ether oxygens (including phenoxy) is 1. The number of nitrogens with two attached hydrogens (primary N) is 2. The average Bonchev–Trinajstić information content (AvgIpc) is 2.46. The molecule has 4 N–H and O–H groups in total. The van der Waals surface area contributed by atoms with Crippen LogP contribution >= 0.6 is 0 Å². The van der Waals surface area contributed by atoms with Crippen LogP contribution < -0.4 is 16.4 Å². The molecule has 1 unspecified atom stereocenters. The summed E-state index contributed by atoms with van der Waals surface area (Å²) in [4.78, 5) is 21.9. The lowest BCUT2D eigenvalue weighted by Crippen LogP contribution is -2.53. The van der Waals surface area contributed by atoms with Gasteiger partial charge in [0.1, 0.15) is 11.9 Å². The van der Waals surface area contributed by atoms with Gasteiger partial charge < -0.3 is 21.1 Å². The first kappa shape index (κ1) is 12.6. The molecule has 0 spiro atoms. The number of benzene rings is 1. The molecule has 1 fully saturated rings. The molecule has 1 amide bonds. The van der Waals surface area contributed by atoms with Crippen LogP contribution in [-0.2, 0) is 9.53 Å². The van der Waals surface area contributed by atoms with Gasteiger partial charge in [-0.25, -0.2) is 4.98 Å². The van der Waals surface area contributed by atoms with Crippen LogP contribution in [0.4, 0.5) is 11.8 Å². The van der Waals surface area contributed by atoms with E-state index in [1.54, 1.807) is 0 Å². The normalized spacial score (nSPS) is 19.2. The highest BCUT2D eigenvalue weighted by molar-refractivity contribution is 5.93. The number of amides is 1. The first-order valence-electron chi connectivity index (χ1n) is 6.33. The summed E-state index contributed by atoms with van der Waals surface area (Å²) >= 11 is 0. The van der Waals surface area contributed by atoms with Gasteiger partial charge in [-0.2, -0.15) is 4.98 Å². The third-order valence-electron chi connectivity index (χ3n) is 3.33. The number of morpholine rings is 1. The summed E-state index contributed by atoms with van der Waals surface area (Å²) in [6.07, 6.45) is 0. The van der Waals surface area contributed by atoms with Gasteiger partial charge in [0.15, 0.2) is 0 Å². The molecule has 1 atom stereocenters. The molecule has 1 aromatic heterocycles. The Morgan fingerprint density at radius 3 is 2.95 bits per heavy atom. The van der Waals surface area contributed by atoms with Gasteiger partial charge in [-0.1, -0.05) is 12.1 Å². The number of hydrogen-bond acceptors (Lipinski definition) is 6. The summed E-state index contributed by atoms with van der Waals surface area (Å²) in [5.74, 6) is 0.361. The zero-order valence-electron chi connectivity index (χ0n) is 10.8. The predicted octanol–water partition coefficient (Wildman–Crippen LogP) is -0.0975. The van der Waals surface area contributed by atoms with Crippen molar-refractivity contribution in [1.82, 2.24) is 9.97 Å². The maximum absolute atomic E-state index is 11.6. The second-order valence-electron chi connectivity index (χ2n) is 4.61. The quantitative estimate of drug-likeness (QED) is 0.791. The van der Waals surface area contributed by atoms with Crippen LogP contribution in [0.1, 0.15) is 0 Å². The van der Waals surface area contributed by atoms with E-state index in [9.17, 15) is 4.79 Å². The van der Waals surface area contributed by atoms with E-state index in [-0.39, 0.29) is 12.6 Å². The summed E-state index contributed by atoms with van der Waals surface area (Å²) in [5, 5.41) is 0.842. The monoisotopic (exact) mass is 273 g/mol. The number of carbonyl (C=O) groups is 1. The van der Waals surface area contributed by atoms with Crippen molar-refractivity contribution in [3.8, 4) is 0 Å². The Labute approximate surface area is 115 Å². The van der Waals surface area contributed by atoms with E-state index in [0.717, 1.165) is 10.9 Å². The Hall–Kier alpha value is -2.41. The number of nitrogen functional groups attached to an aromatic ring is 1. The summed E-state index contributed by atoms with van der Waals surface area (Å²) < 4.78 is 5.32. The molecule has 0 aliphatic carbocycles. The molecule has 1 aliphatic rings. The SMILES string of the molecule is NC(=O)C1COCCN1c1nc(N)nc2ccccc12. The lowest BCUT2D eigenvalue weighted by Gasteiger charge is -2.35. The van der Waals surface area contributed by atoms with Crippen LogP contribution in [0.5, 0.6) is 0 Å². The van der Waals surface area contributed by atoms with Gasteiger partial charge in [0.05, 0.1) is 18.7 Å². The van der Waals surface area contributed by atoms with Crippen molar-refractivity contribution < 1.29 is 9.53 Å². The van der Waals surface area contributed by atoms with Crippen LogP contribution in [0.25, 0.3) is 10.9 Å². The minimum Gasteiger partial charge on any atom is -0.377 e. The van der Waals surface area contributed by atoms with Gasteiger partial charge in [0.2, 0.25) is 11.9 Å². The summed E-state index contributed by atoms with van der Waals surface area (Å²) in [6, 6.07) is 6.99. The molecule has 1 aliphatic heterocycles. The molecule has 0 saturated carbocycles. The van der Waals surface area contributed by atoms with E-state index in [2.05, 4.69) is 9.97 Å². The smallest absolute Gasteiger partial charge is 0.242 e. The molecule has 7 heteroatoms. The van der Waals surface area contributed by atoms with Crippen LogP contribution in [0.2, 0.25) is 0 Å². The zero-order chi connectivity index (χ0) is 14.1. The van der Waals surface area contributed by atoms with Gasteiger partial charge >= 0.3 is 0 Å². The number of para-hydroxylation sites is 1. The van der Waals surface area contributed by atoms with Crippen LogP contribution in [0, 0.1) is 0 Å². The van der Waals surface area contributed by atoms with E-state index in [1.165, 1.54) is 0 Å². The second kappa shape index (κ2) is 4.93. The van der Waals surface area contributed by atoms with Crippen LogP contribution in [-0.4, -0.2) is 41.7 Å². The van der Waals surface area contributed by atoms with Crippen molar-refractivity contribution in [1.29, 1.82) is 0 Å². The molecule has 3 rings (SSSR count). The Morgan fingerprint density at radius 1 is 1.35 bits per heavy atom. The third kappa shape index (κ3) is 2.12. The number of anilines is 2. The molecular formula is C13H15N5O2. The summed E-state index contributed by atoms with van der Waals surface area (Å²) in [7, 11) is 0. The molecule has 0 radical (unpaired) electrons.